The minimum absolute atomic E-state index is 0.0832. The number of carbonyl (C=O) groups excluding carboxylic acids is 2. The maximum Gasteiger partial charge on any atom is 0.306 e. The van der Waals surface area contributed by atoms with Gasteiger partial charge in [-0.1, -0.05) is 19.1 Å². The summed E-state index contributed by atoms with van der Waals surface area (Å²) in [5.74, 6) is -0.388. The minimum Gasteiger partial charge on any atom is -0.463 e. The lowest BCUT2D eigenvalue weighted by Crippen LogP contribution is -2.28. The summed E-state index contributed by atoms with van der Waals surface area (Å²) >= 11 is 0. The molecule has 0 amide bonds. The Balaban J connectivity index is 2.58. The fraction of sp³-hybridized carbons (Fsp3) is 0.810. The summed E-state index contributed by atoms with van der Waals surface area (Å²) in [7, 11) is 3.95. The van der Waals surface area contributed by atoms with E-state index in [-0.39, 0.29) is 42.9 Å². The molecule has 7 nitrogen and oxygen atoms in total. The molecule has 1 fully saturated rings. The lowest BCUT2D eigenvalue weighted by atomic mass is 9.88. The van der Waals surface area contributed by atoms with Crippen LogP contribution in [0.4, 0.5) is 0 Å². The number of hydrogen-bond acceptors (Lipinski definition) is 7. The highest BCUT2D eigenvalue weighted by Crippen LogP contribution is 2.39. The summed E-state index contributed by atoms with van der Waals surface area (Å²) in [6.07, 6.45) is 7.61. The molecule has 0 aromatic carbocycles. The third-order valence-corrected chi connectivity index (χ3v) is 5.06. The molecule has 1 aliphatic rings. The van der Waals surface area contributed by atoms with Crippen LogP contribution < -0.4 is 0 Å². The van der Waals surface area contributed by atoms with E-state index in [0.717, 1.165) is 38.6 Å². The van der Waals surface area contributed by atoms with Crippen LogP contribution in [0.25, 0.3) is 0 Å². The van der Waals surface area contributed by atoms with Gasteiger partial charge in [0.05, 0.1) is 6.61 Å². The molecule has 0 saturated heterocycles. The number of ether oxygens (including phenoxy) is 2. The number of aliphatic hydroxyl groups excluding tert-OH is 2. The summed E-state index contributed by atoms with van der Waals surface area (Å²) in [4.78, 5) is 26.3. The fourth-order valence-electron chi connectivity index (χ4n) is 3.56. The Morgan fingerprint density at radius 3 is 2.61 bits per heavy atom. The Morgan fingerprint density at radius 1 is 1.21 bits per heavy atom. The maximum atomic E-state index is 12.2. The van der Waals surface area contributed by atoms with Crippen LogP contribution in [-0.4, -0.2) is 73.1 Å². The molecule has 162 valence electrons. The van der Waals surface area contributed by atoms with Crippen molar-refractivity contribution in [1.29, 1.82) is 0 Å². The van der Waals surface area contributed by atoms with Crippen LogP contribution in [0.1, 0.15) is 51.9 Å². The van der Waals surface area contributed by atoms with Gasteiger partial charge in [0.15, 0.2) is 0 Å². The average Bonchev–Trinajstić information content (AvgIpc) is 3.00. The van der Waals surface area contributed by atoms with Crippen molar-refractivity contribution in [2.45, 2.75) is 64.1 Å². The molecule has 0 spiro atoms. The maximum absolute atomic E-state index is 12.2. The summed E-state index contributed by atoms with van der Waals surface area (Å²) in [5.41, 5.74) is 0. The summed E-state index contributed by atoms with van der Waals surface area (Å²) in [5, 5.41) is 18.1. The van der Waals surface area contributed by atoms with E-state index >= 15 is 0 Å². The topological polar surface area (TPSA) is 96.3 Å². The second-order valence-electron chi connectivity index (χ2n) is 7.78. The predicted octanol–water partition coefficient (Wildman–Crippen LogP) is 1.91. The molecule has 0 aliphatic heterocycles. The Kier molecular flexibility index (Phi) is 12.0. The van der Waals surface area contributed by atoms with Crippen molar-refractivity contribution in [3.05, 3.63) is 12.2 Å². The van der Waals surface area contributed by atoms with Crippen molar-refractivity contribution in [1.82, 2.24) is 4.90 Å². The van der Waals surface area contributed by atoms with Crippen molar-refractivity contribution < 1.29 is 29.3 Å². The molecule has 0 aromatic heterocycles. The van der Waals surface area contributed by atoms with E-state index in [4.69, 9.17) is 14.6 Å². The first-order valence-corrected chi connectivity index (χ1v) is 10.3. The molecule has 1 aliphatic carbocycles. The van der Waals surface area contributed by atoms with E-state index in [2.05, 4.69) is 19.1 Å². The van der Waals surface area contributed by atoms with Crippen molar-refractivity contribution >= 4 is 11.9 Å². The van der Waals surface area contributed by atoms with Crippen LogP contribution >= 0.6 is 0 Å². The molecule has 4 atom stereocenters. The van der Waals surface area contributed by atoms with Gasteiger partial charge in [-0.15, -0.1) is 0 Å². The highest BCUT2D eigenvalue weighted by Gasteiger charge is 2.39. The molecule has 7 heteroatoms. The Hall–Kier alpha value is -1.44. The predicted molar refractivity (Wildman–Crippen MR) is 107 cm³/mol. The highest BCUT2D eigenvalue weighted by atomic mass is 16.5. The van der Waals surface area contributed by atoms with Crippen LogP contribution in [0.3, 0.4) is 0 Å². The van der Waals surface area contributed by atoms with Gasteiger partial charge in [0.1, 0.15) is 18.8 Å². The number of aliphatic hydroxyl groups is 2. The zero-order valence-electron chi connectivity index (χ0n) is 17.5. The van der Waals surface area contributed by atoms with Gasteiger partial charge < -0.3 is 24.6 Å². The number of nitrogens with zero attached hydrogens (tertiary/aromatic N) is 1. The van der Waals surface area contributed by atoms with Crippen molar-refractivity contribution in [3.8, 4) is 0 Å². The van der Waals surface area contributed by atoms with Crippen molar-refractivity contribution in [3.63, 3.8) is 0 Å². The second kappa shape index (κ2) is 13.7. The molecule has 0 radical (unpaired) electrons. The van der Waals surface area contributed by atoms with Gasteiger partial charge in [-0.25, -0.2) is 0 Å². The third kappa shape index (κ3) is 9.66. The van der Waals surface area contributed by atoms with Crippen LogP contribution in [0, 0.1) is 11.8 Å². The average molecular weight is 400 g/mol. The van der Waals surface area contributed by atoms with E-state index < -0.39 is 12.7 Å². The zero-order valence-corrected chi connectivity index (χ0v) is 17.5. The highest BCUT2D eigenvalue weighted by molar-refractivity contribution is 5.70. The van der Waals surface area contributed by atoms with Crippen LogP contribution in [-0.2, 0) is 19.1 Å². The summed E-state index contributed by atoms with van der Waals surface area (Å²) in [6.45, 7) is 2.27. The Morgan fingerprint density at radius 2 is 1.96 bits per heavy atom. The second-order valence-corrected chi connectivity index (χ2v) is 7.78. The fourth-order valence-corrected chi connectivity index (χ4v) is 3.56. The number of hydrogen-bond donors (Lipinski definition) is 2. The smallest absolute Gasteiger partial charge is 0.306 e. The van der Waals surface area contributed by atoms with Crippen LogP contribution in [0.2, 0.25) is 0 Å². The number of allylic oxidation sites excluding steroid dienone is 2. The van der Waals surface area contributed by atoms with Crippen LogP contribution in [0.15, 0.2) is 12.2 Å². The minimum atomic E-state index is -1.05. The molecule has 1 rings (SSSR count). The number of carbonyl (C=O) groups is 2. The molecule has 28 heavy (non-hydrogen) atoms. The quantitative estimate of drug-likeness (QED) is 0.361. The normalized spacial score (nSPS) is 23.3. The van der Waals surface area contributed by atoms with E-state index in [9.17, 15) is 14.7 Å². The van der Waals surface area contributed by atoms with Gasteiger partial charge in [0, 0.05) is 18.8 Å². The largest absolute Gasteiger partial charge is 0.463 e. The lowest BCUT2D eigenvalue weighted by molar-refractivity contribution is -0.151. The lowest BCUT2D eigenvalue weighted by Gasteiger charge is -2.24. The number of esters is 2. The first kappa shape index (κ1) is 24.6. The van der Waals surface area contributed by atoms with E-state index in [1.807, 2.05) is 19.0 Å². The van der Waals surface area contributed by atoms with Gasteiger partial charge in [0.2, 0.25) is 0 Å². The summed E-state index contributed by atoms with van der Waals surface area (Å²) < 4.78 is 10.8. The van der Waals surface area contributed by atoms with Crippen molar-refractivity contribution in [2.75, 3.05) is 33.9 Å². The van der Waals surface area contributed by atoms with Gasteiger partial charge >= 0.3 is 11.9 Å². The van der Waals surface area contributed by atoms with Gasteiger partial charge in [0.25, 0.3) is 0 Å². The SMILES string of the molecule is CC/C=C\CC1C(CC(=O)OCC(O)CO)CCC1OC(=O)CCCN(C)C. The van der Waals surface area contributed by atoms with Crippen molar-refractivity contribution in [2.24, 2.45) is 11.8 Å². The molecule has 2 N–H and O–H groups in total. The monoisotopic (exact) mass is 399 g/mol. The summed E-state index contributed by atoms with van der Waals surface area (Å²) in [6, 6.07) is 0. The molecule has 0 bridgehead atoms. The Labute approximate surface area is 168 Å². The van der Waals surface area contributed by atoms with E-state index in [1.165, 1.54) is 0 Å². The zero-order chi connectivity index (χ0) is 20.9. The van der Waals surface area contributed by atoms with E-state index in [0.29, 0.717) is 6.42 Å². The molecule has 0 aromatic rings. The molecule has 4 unspecified atom stereocenters. The van der Waals surface area contributed by atoms with Gasteiger partial charge in [-0.05, 0) is 58.7 Å². The third-order valence-electron chi connectivity index (χ3n) is 5.06. The van der Waals surface area contributed by atoms with E-state index in [1.54, 1.807) is 0 Å². The van der Waals surface area contributed by atoms with Gasteiger partial charge in [-0.3, -0.25) is 9.59 Å². The standard InChI is InChI=1S/C21H37NO6/c1-4-5-6-8-18-16(13-21(26)27-15-17(24)14-23)10-11-19(18)28-20(25)9-7-12-22(2)3/h5-6,16-19,23-24H,4,7-15H2,1-3H3/b6-5-. The molecule has 1 saturated carbocycles. The Bertz CT molecular complexity index is 493. The van der Waals surface area contributed by atoms with Gasteiger partial charge in [-0.2, -0.15) is 0 Å². The molecule has 0 heterocycles. The first-order valence-electron chi connectivity index (χ1n) is 10.3. The van der Waals surface area contributed by atoms with Crippen LogP contribution in [0.5, 0.6) is 0 Å². The first-order chi connectivity index (χ1) is 13.4. The number of rotatable bonds is 13. The molecular weight excluding hydrogens is 362 g/mol. The molecular formula is C21H37NO6.